The Morgan fingerprint density at radius 3 is 2.57 bits per heavy atom. The number of carbonyl (C=O) groups is 2. The Morgan fingerprint density at radius 1 is 1.26 bits per heavy atom. The van der Waals surface area contributed by atoms with Gasteiger partial charge in [0.2, 0.25) is 5.91 Å². The molecule has 0 saturated heterocycles. The van der Waals surface area contributed by atoms with Gasteiger partial charge in [0.1, 0.15) is 0 Å². The Labute approximate surface area is 135 Å². The summed E-state index contributed by atoms with van der Waals surface area (Å²) in [5, 5.41) is 16.1. The molecule has 2 rings (SSSR count). The van der Waals surface area contributed by atoms with Crippen LogP contribution in [0.3, 0.4) is 0 Å². The highest BCUT2D eigenvalue weighted by atomic mass is 16.4. The quantitative estimate of drug-likeness (QED) is 0.856. The fraction of sp³-hybridized carbons (Fsp3) is 0.353. The summed E-state index contributed by atoms with van der Waals surface area (Å²) in [5.74, 6) is -1.06. The summed E-state index contributed by atoms with van der Waals surface area (Å²) in [6, 6.07) is 6.96. The third-order valence-corrected chi connectivity index (χ3v) is 3.89. The van der Waals surface area contributed by atoms with Crippen LogP contribution in [0.4, 0.5) is 5.69 Å². The van der Waals surface area contributed by atoms with E-state index in [0.717, 1.165) is 17.0 Å². The molecule has 0 bridgehead atoms. The fourth-order valence-electron chi connectivity index (χ4n) is 2.59. The van der Waals surface area contributed by atoms with Crippen molar-refractivity contribution >= 4 is 17.6 Å². The molecule has 0 aliphatic heterocycles. The van der Waals surface area contributed by atoms with Gasteiger partial charge in [-0.05, 0) is 37.5 Å². The molecule has 1 heterocycles. The van der Waals surface area contributed by atoms with E-state index < -0.39 is 5.97 Å². The van der Waals surface area contributed by atoms with Crippen LogP contribution in [0.25, 0.3) is 0 Å². The van der Waals surface area contributed by atoms with Crippen LogP contribution in [0.2, 0.25) is 0 Å². The number of hydrogen-bond donors (Lipinski definition) is 2. The average Bonchev–Trinajstić information content (AvgIpc) is 2.72. The van der Waals surface area contributed by atoms with Gasteiger partial charge in [0, 0.05) is 24.8 Å². The van der Waals surface area contributed by atoms with E-state index in [1.807, 2.05) is 25.6 Å². The molecular weight excluding hydrogens is 294 g/mol. The minimum atomic E-state index is -0.923. The van der Waals surface area contributed by atoms with Crippen molar-refractivity contribution in [2.45, 2.75) is 33.1 Å². The minimum Gasteiger partial charge on any atom is -0.481 e. The number of benzene rings is 1. The Kier molecular flexibility index (Phi) is 5.16. The molecule has 0 aliphatic rings. The van der Waals surface area contributed by atoms with Crippen LogP contribution in [-0.4, -0.2) is 26.8 Å². The van der Waals surface area contributed by atoms with E-state index in [4.69, 9.17) is 5.11 Å². The van der Waals surface area contributed by atoms with E-state index in [0.29, 0.717) is 24.1 Å². The minimum absolute atomic E-state index is 0.114. The number of hydrogen-bond acceptors (Lipinski definition) is 3. The number of carboxylic acids is 1. The van der Waals surface area contributed by atoms with Gasteiger partial charge >= 0.3 is 5.97 Å². The summed E-state index contributed by atoms with van der Waals surface area (Å²) in [6.45, 7) is 3.91. The molecule has 0 unspecified atom stereocenters. The third kappa shape index (κ3) is 4.18. The number of carbonyl (C=O) groups excluding carboxylic acids is 1. The summed E-state index contributed by atoms with van der Waals surface area (Å²) in [6.07, 6.45) is 0.824. The monoisotopic (exact) mass is 315 g/mol. The molecule has 1 amide bonds. The number of aromatic nitrogens is 2. The molecule has 122 valence electrons. The molecule has 23 heavy (non-hydrogen) atoms. The number of amides is 1. The maximum atomic E-state index is 12.2. The van der Waals surface area contributed by atoms with Gasteiger partial charge in [-0.2, -0.15) is 5.10 Å². The van der Waals surface area contributed by atoms with E-state index in [1.165, 1.54) is 0 Å². The molecule has 0 spiro atoms. The Balaban J connectivity index is 2.01. The second-order valence-corrected chi connectivity index (χ2v) is 5.55. The van der Waals surface area contributed by atoms with Gasteiger partial charge in [0.15, 0.2) is 0 Å². The smallest absolute Gasteiger partial charge is 0.307 e. The predicted octanol–water partition coefficient (Wildman–Crippen LogP) is 2.24. The van der Waals surface area contributed by atoms with Gasteiger partial charge in [0.25, 0.3) is 0 Å². The van der Waals surface area contributed by atoms with E-state index in [-0.39, 0.29) is 12.3 Å². The number of carboxylic acid groups (broad SMARTS) is 1. The van der Waals surface area contributed by atoms with Gasteiger partial charge in [-0.15, -0.1) is 0 Å². The first-order valence-corrected chi connectivity index (χ1v) is 7.47. The Hall–Kier alpha value is -2.63. The van der Waals surface area contributed by atoms with Gasteiger partial charge in [-0.25, -0.2) is 0 Å². The summed E-state index contributed by atoms with van der Waals surface area (Å²) >= 11 is 0. The molecule has 0 aliphatic carbocycles. The lowest BCUT2D eigenvalue weighted by atomic mass is 10.1. The number of aliphatic carboxylic acids is 1. The molecule has 0 fully saturated rings. The maximum absolute atomic E-state index is 12.2. The number of nitrogens with zero attached hydrogens (tertiary/aromatic N) is 2. The van der Waals surface area contributed by atoms with Crippen molar-refractivity contribution in [3.63, 3.8) is 0 Å². The van der Waals surface area contributed by atoms with Crippen molar-refractivity contribution < 1.29 is 14.7 Å². The molecule has 2 N–H and O–H groups in total. The van der Waals surface area contributed by atoms with Crippen molar-refractivity contribution in [3.05, 3.63) is 46.8 Å². The normalized spacial score (nSPS) is 10.6. The summed E-state index contributed by atoms with van der Waals surface area (Å²) in [4.78, 5) is 23.0. The zero-order valence-electron chi connectivity index (χ0n) is 13.6. The summed E-state index contributed by atoms with van der Waals surface area (Å²) in [7, 11) is 1.88. The van der Waals surface area contributed by atoms with E-state index in [2.05, 4.69) is 10.4 Å². The third-order valence-electron chi connectivity index (χ3n) is 3.89. The summed E-state index contributed by atoms with van der Waals surface area (Å²) in [5.41, 5.74) is 4.23. The Bertz CT molecular complexity index is 735. The van der Waals surface area contributed by atoms with Gasteiger partial charge in [-0.3, -0.25) is 14.3 Å². The molecule has 0 saturated carbocycles. The van der Waals surface area contributed by atoms with Crippen molar-refractivity contribution in [3.8, 4) is 0 Å². The molecule has 2 aromatic rings. The number of nitrogens with one attached hydrogen (secondary N) is 1. The molecule has 1 aromatic heterocycles. The number of rotatable bonds is 6. The first-order chi connectivity index (χ1) is 10.9. The number of para-hydroxylation sites is 1. The van der Waals surface area contributed by atoms with Gasteiger partial charge in [0.05, 0.1) is 12.1 Å². The van der Waals surface area contributed by atoms with Crippen molar-refractivity contribution in [1.29, 1.82) is 0 Å². The van der Waals surface area contributed by atoms with Crippen LogP contribution in [-0.2, 0) is 29.5 Å². The van der Waals surface area contributed by atoms with Crippen molar-refractivity contribution in [1.82, 2.24) is 9.78 Å². The van der Waals surface area contributed by atoms with Crippen LogP contribution >= 0.6 is 0 Å². The second kappa shape index (κ2) is 7.09. The second-order valence-electron chi connectivity index (χ2n) is 5.55. The van der Waals surface area contributed by atoms with E-state index in [1.54, 1.807) is 24.3 Å². The zero-order chi connectivity index (χ0) is 17.0. The number of aryl methyl sites for hydroxylation is 2. The van der Waals surface area contributed by atoms with Gasteiger partial charge in [-0.1, -0.05) is 18.2 Å². The lowest BCUT2D eigenvalue weighted by molar-refractivity contribution is -0.136. The zero-order valence-corrected chi connectivity index (χ0v) is 13.6. The van der Waals surface area contributed by atoms with E-state index in [9.17, 15) is 9.59 Å². The lowest BCUT2D eigenvalue weighted by Crippen LogP contribution is -2.15. The fourth-order valence-corrected chi connectivity index (χ4v) is 2.59. The predicted molar refractivity (Wildman–Crippen MR) is 87.4 cm³/mol. The SMILES string of the molecule is Cc1nn(C)c(C)c1CCC(=O)Nc1ccccc1CC(=O)O. The van der Waals surface area contributed by atoms with Crippen LogP contribution in [0.1, 0.15) is 28.9 Å². The topological polar surface area (TPSA) is 84.2 Å². The van der Waals surface area contributed by atoms with Crippen LogP contribution in [0, 0.1) is 13.8 Å². The summed E-state index contributed by atoms with van der Waals surface area (Å²) < 4.78 is 1.81. The van der Waals surface area contributed by atoms with Crippen LogP contribution in [0.15, 0.2) is 24.3 Å². The highest BCUT2D eigenvalue weighted by Crippen LogP contribution is 2.18. The molecule has 6 nitrogen and oxygen atoms in total. The molecule has 1 aromatic carbocycles. The first-order valence-electron chi connectivity index (χ1n) is 7.47. The van der Waals surface area contributed by atoms with Crippen molar-refractivity contribution in [2.24, 2.45) is 7.05 Å². The highest BCUT2D eigenvalue weighted by molar-refractivity contribution is 5.92. The highest BCUT2D eigenvalue weighted by Gasteiger charge is 2.13. The van der Waals surface area contributed by atoms with E-state index >= 15 is 0 Å². The van der Waals surface area contributed by atoms with Crippen molar-refractivity contribution in [2.75, 3.05) is 5.32 Å². The lowest BCUT2D eigenvalue weighted by Gasteiger charge is -2.10. The molecule has 6 heteroatoms. The largest absolute Gasteiger partial charge is 0.481 e. The molecule has 0 radical (unpaired) electrons. The average molecular weight is 315 g/mol. The standard InChI is InChI=1S/C17H21N3O3/c1-11-14(12(2)20(3)19-11)8-9-16(21)18-15-7-5-4-6-13(15)10-17(22)23/h4-7H,8-10H2,1-3H3,(H,18,21)(H,22,23). The molecule has 0 atom stereocenters. The van der Waals surface area contributed by atoms with Crippen LogP contribution in [0.5, 0.6) is 0 Å². The van der Waals surface area contributed by atoms with Crippen LogP contribution < -0.4 is 5.32 Å². The maximum Gasteiger partial charge on any atom is 0.307 e. The number of anilines is 1. The Morgan fingerprint density at radius 2 is 1.96 bits per heavy atom. The first kappa shape index (κ1) is 16.7. The van der Waals surface area contributed by atoms with Gasteiger partial charge < -0.3 is 10.4 Å². The molecular formula is C17H21N3O3.